The molecular formula is C13H19N3O. The van der Waals surface area contributed by atoms with Crippen molar-refractivity contribution >= 4 is 11.7 Å². The molecule has 92 valence electrons. The van der Waals surface area contributed by atoms with Crippen molar-refractivity contribution in [3.05, 3.63) is 35.9 Å². The summed E-state index contributed by atoms with van der Waals surface area (Å²) in [5.41, 5.74) is 6.43. The lowest BCUT2D eigenvalue weighted by molar-refractivity contribution is -0.123. The number of amidine groups is 1. The van der Waals surface area contributed by atoms with Crippen LogP contribution < -0.4 is 11.1 Å². The fraction of sp³-hybridized carbons (Fsp3) is 0.385. The van der Waals surface area contributed by atoms with Crippen LogP contribution >= 0.6 is 0 Å². The van der Waals surface area contributed by atoms with Gasteiger partial charge in [0.25, 0.3) is 0 Å². The molecule has 0 saturated carbocycles. The van der Waals surface area contributed by atoms with E-state index in [2.05, 4.69) is 5.32 Å². The predicted molar refractivity (Wildman–Crippen MR) is 68.7 cm³/mol. The van der Waals surface area contributed by atoms with Gasteiger partial charge in [-0.3, -0.25) is 10.2 Å². The number of amides is 1. The minimum Gasteiger partial charge on any atom is -0.387 e. The predicted octanol–water partition coefficient (Wildman–Crippen LogP) is 1.83. The smallest absolute Gasteiger partial charge is 0.231 e. The second kappa shape index (κ2) is 6.03. The van der Waals surface area contributed by atoms with Gasteiger partial charge in [0.15, 0.2) is 0 Å². The molecule has 4 heteroatoms. The SMILES string of the molecule is CCC(C(=N)N)C(=O)N[C@H](C)c1ccccc1. The van der Waals surface area contributed by atoms with E-state index in [1.165, 1.54) is 0 Å². The Labute approximate surface area is 102 Å². The van der Waals surface area contributed by atoms with E-state index in [1.54, 1.807) is 0 Å². The molecule has 4 nitrogen and oxygen atoms in total. The zero-order valence-corrected chi connectivity index (χ0v) is 10.2. The van der Waals surface area contributed by atoms with Gasteiger partial charge in [-0.15, -0.1) is 0 Å². The summed E-state index contributed by atoms with van der Waals surface area (Å²) < 4.78 is 0. The van der Waals surface area contributed by atoms with E-state index in [1.807, 2.05) is 44.2 Å². The first-order chi connectivity index (χ1) is 8.06. The Hall–Kier alpha value is -1.84. The minimum absolute atomic E-state index is 0.0721. The Balaban J connectivity index is 2.66. The van der Waals surface area contributed by atoms with E-state index in [-0.39, 0.29) is 17.8 Å². The lowest BCUT2D eigenvalue weighted by Crippen LogP contribution is -2.39. The monoisotopic (exact) mass is 233 g/mol. The normalized spacial score (nSPS) is 13.8. The van der Waals surface area contributed by atoms with Crippen LogP contribution in [0.5, 0.6) is 0 Å². The van der Waals surface area contributed by atoms with Crippen molar-refractivity contribution in [1.29, 1.82) is 5.41 Å². The van der Waals surface area contributed by atoms with Gasteiger partial charge >= 0.3 is 0 Å². The second-order valence-corrected chi connectivity index (χ2v) is 4.06. The van der Waals surface area contributed by atoms with Crippen LogP contribution in [0.2, 0.25) is 0 Å². The van der Waals surface area contributed by atoms with Crippen LogP contribution in [-0.2, 0) is 4.79 Å². The van der Waals surface area contributed by atoms with E-state index in [4.69, 9.17) is 11.1 Å². The first-order valence-corrected chi connectivity index (χ1v) is 5.75. The Morgan fingerprint density at radius 2 is 2.00 bits per heavy atom. The molecule has 1 rings (SSSR count). The maximum Gasteiger partial charge on any atom is 0.231 e. The molecule has 0 bridgehead atoms. The van der Waals surface area contributed by atoms with E-state index in [0.717, 1.165) is 5.56 Å². The Morgan fingerprint density at radius 3 is 2.47 bits per heavy atom. The van der Waals surface area contributed by atoms with Crippen LogP contribution in [0.15, 0.2) is 30.3 Å². The molecule has 1 aromatic rings. The number of benzene rings is 1. The Kier molecular flexibility index (Phi) is 4.69. The van der Waals surface area contributed by atoms with Crippen molar-refractivity contribution < 1.29 is 4.79 Å². The molecule has 0 spiro atoms. The number of carbonyl (C=O) groups is 1. The van der Waals surface area contributed by atoms with Crippen LogP contribution in [0.1, 0.15) is 31.9 Å². The number of nitrogens with two attached hydrogens (primary N) is 1. The molecule has 0 aromatic heterocycles. The van der Waals surface area contributed by atoms with E-state index < -0.39 is 5.92 Å². The molecule has 0 heterocycles. The molecule has 2 atom stereocenters. The number of nitrogens with one attached hydrogen (secondary N) is 2. The lowest BCUT2D eigenvalue weighted by Gasteiger charge is -2.18. The highest BCUT2D eigenvalue weighted by Crippen LogP contribution is 2.12. The van der Waals surface area contributed by atoms with Crippen molar-refractivity contribution in [2.45, 2.75) is 26.3 Å². The van der Waals surface area contributed by atoms with Gasteiger partial charge < -0.3 is 11.1 Å². The third-order valence-corrected chi connectivity index (χ3v) is 2.76. The Bertz CT molecular complexity index is 389. The van der Waals surface area contributed by atoms with Gasteiger partial charge in [0.1, 0.15) is 5.84 Å². The highest BCUT2D eigenvalue weighted by atomic mass is 16.2. The third kappa shape index (κ3) is 3.59. The summed E-state index contributed by atoms with van der Waals surface area (Å²) in [6, 6.07) is 9.64. The van der Waals surface area contributed by atoms with Gasteiger partial charge in [0.05, 0.1) is 12.0 Å². The first kappa shape index (κ1) is 13.2. The molecule has 0 radical (unpaired) electrons. The summed E-state index contributed by atoms with van der Waals surface area (Å²) in [5, 5.41) is 10.2. The average molecular weight is 233 g/mol. The van der Waals surface area contributed by atoms with Crippen LogP contribution in [0, 0.1) is 11.3 Å². The fourth-order valence-corrected chi connectivity index (χ4v) is 1.69. The standard InChI is InChI=1S/C13H19N3O/c1-3-11(12(14)15)13(17)16-9(2)10-7-5-4-6-8-10/h4-9,11H,3H2,1-2H3,(H3,14,15)(H,16,17)/t9-,11?/m1/s1. The third-order valence-electron chi connectivity index (χ3n) is 2.76. The number of hydrogen-bond donors (Lipinski definition) is 3. The van der Waals surface area contributed by atoms with Gasteiger partial charge in [-0.25, -0.2) is 0 Å². The summed E-state index contributed by atoms with van der Waals surface area (Å²) in [5.74, 6) is -0.789. The van der Waals surface area contributed by atoms with Gasteiger partial charge in [-0.05, 0) is 18.9 Å². The maximum absolute atomic E-state index is 11.9. The summed E-state index contributed by atoms with van der Waals surface area (Å²) in [6.07, 6.45) is 0.544. The first-order valence-electron chi connectivity index (χ1n) is 5.75. The van der Waals surface area contributed by atoms with Crippen molar-refractivity contribution in [2.24, 2.45) is 11.7 Å². The molecule has 0 saturated heterocycles. The second-order valence-electron chi connectivity index (χ2n) is 4.06. The maximum atomic E-state index is 11.9. The van der Waals surface area contributed by atoms with Gasteiger partial charge in [-0.1, -0.05) is 37.3 Å². The van der Waals surface area contributed by atoms with Crippen molar-refractivity contribution in [3.8, 4) is 0 Å². The van der Waals surface area contributed by atoms with Crippen molar-refractivity contribution in [2.75, 3.05) is 0 Å². The zero-order chi connectivity index (χ0) is 12.8. The molecule has 0 aliphatic heterocycles. The molecule has 0 aliphatic rings. The van der Waals surface area contributed by atoms with Gasteiger partial charge in [-0.2, -0.15) is 0 Å². The minimum atomic E-state index is -0.527. The largest absolute Gasteiger partial charge is 0.387 e. The summed E-state index contributed by atoms with van der Waals surface area (Å²) in [6.45, 7) is 3.76. The van der Waals surface area contributed by atoms with Crippen LogP contribution in [0.4, 0.5) is 0 Å². The quantitative estimate of drug-likeness (QED) is 0.536. The summed E-state index contributed by atoms with van der Waals surface area (Å²) in [7, 11) is 0. The highest BCUT2D eigenvalue weighted by Gasteiger charge is 2.21. The molecular weight excluding hydrogens is 214 g/mol. The van der Waals surface area contributed by atoms with Gasteiger partial charge in [0.2, 0.25) is 5.91 Å². The molecule has 0 fully saturated rings. The molecule has 0 aliphatic carbocycles. The number of hydrogen-bond acceptors (Lipinski definition) is 2. The zero-order valence-electron chi connectivity index (χ0n) is 10.2. The van der Waals surface area contributed by atoms with E-state index >= 15 is 0 Å². The molecule has 1 amide bonds. The lowest BCUT2D eigenvalue weighted by atomic mass is 10.0. The topological polar surface area (TPSA) is 79.0 Å². The molecule has 17 heavy (non-hydrogen) atoms. The van der Waals surface area contributed by atoms with E-state index in [0.29, 0.717) is 6.42 Å². The van der Waals surface area contributed by atoms with Crippen LogP contribution in [0.3, 0.4) is 0 Å². The number of carbonyl (C=O) groups excluding carboxylic acids is 1. The number of rotatable bonds is 5. The van der Waals surface area contributed by atoms with Crippen molar-refractivity contribution in [1.82, 2.24) is 5.32 Å². The molecule has 1 unspecified atom stereocenters. The average Bonchev–Trinajstić information content (AvgIpc) is 2.30. The van der Waals surface area contributed by atoms with E-state index in [9.17, 15) is 4.79 Å². The van der Waals surface area contributed by atoms with Gasteiger partial charge in [0, 0.05) is 0 Å². The Morgan fingerprint density at radius 1 is 1.41 bits per heavy atom. The molecule has 4 N–H and O–H groups in total. The summed E-state index contributed by atoms with van der Waals surface area (Å²) in [4.78, 5) is 11.9. The highest BCUT2D eigenvalue weighted by molar-refractivity contribution is 6.00. The fourth-order valence-electron chi connectivity index (χ4n) is 1.69. The van der Waals surface area contributed by atoms with Crippen LogP contribution in [0.25, 0.3) is 0 Å². The molecule has 1 aromatic carbocycles. The van der Waals surface area contributed by atoms with Crippen molar-refractivity contribution in [3.63, 3.8) is 0 Å². The van der Waals surface area contributed by atoms with Crippen LogP contribution in [-0.4, -0.2) is 11.7 Å². The summed E-state index contributed by atoms with van der Waals surface area (Å²) >= 11 is 0.